The van der Waals surface area contributed by atoms with Crippen LogP contribution in [0.5, 0.6) is 0 Å². The maximum absolute atomic E-state index is 11.3. The van der Waals surface area contributed by atoms with Crippen LogP contribution in [0.25, 0.3) is 0 Å². The standard InChI is InChI=1S/C7H12N4O/c1-7(2,3)9-6(12)5-4-8-11-10-5/h4H,1-3H3,(H,9,12)(H,8,10,11). The minimum atomic E-state index is -0.240. The van der Waals surface area contributed by atoms with E-state index in [4.69, 9.17) is 0 Å². The van der Waals surface area contributed by atoms with Gasteiger partial charge in [-0.25, -0.2) is 0 Å². The molecule has 1 aromatic heterocycles. The zero-order chi connectivity index (χ0) is 9.19. The Morgan fingerprint density at radius 1 is 1.58 bits per heavy atom. The fourth-order valence-electron chi connectivity index (χ4n) is 0.716. The number of aromatic amines is 1. The van der Waals surface area contributed by atoms with Crippen LogP contribution in [0, 0.1) is 0 Å². The van der Waals surface area contributed by atoms with Crippen molar-refractivity contribution in [1.82, 2.24) is 20.7 Å². The summed E-state index contributed by atoms with van der Waals surface area (Å²) in [4.78, 5) is 11.3. The summed E-state index contributed by atoms with van der Waals surface area (Å²) in [5.74, 6) is -0.212. The molecule has 1 rings (SSSR count). The zero-order valence-corrected chi connectivity index (χ0v) is 7.38. The molecule has 0 aliphatic heterocycles. The minimum Gasteiger partial charge on any atom is -0.346 e. The highest BCUT2D eigenvalue weighted by molar-refractivity contribution is 5.92. The molecule has 0 bridgehead atoms. The van der Waals surface area contributed by atoms with E-state index in [0.717, 1.165) is 0 Å². The number of nitrogens with one attached hydrogen (secondary N) is 2. The highest BCUT2D eigenvalue weighted by Crippen LogP contribution is 2.00. The van der Waals surface area contributed by atoms with Crippen LogP contribution in [0.1, 0.15) is 31.3 Å². The second-order valence-electron chi connectivity index (χ2n) is 3.56. The van der Waals surface area contributed by atoms with Crippen LogP contribution >= 0.6 is 0 Å². The Bertz CT molecular complexity index is 259. The summed E-state index contributed by atoms with van der Waals surface area (Å²) in [6.45, 7) is 5.72. The van der Waals surface area contributed by atoms with E-state index in [1.54, 1.807) is 0 Å². The number of rotatable bonds is 1. The van der Waals surface area contributed by atoms with Crippen molar-refractivity contribution in [2.75, 3.05) is 0 Å². The smallest absolute Gasteiger partial charge is 0.273 e. The minimum absolute atomic E-state index is 0.212. The summed E-state index contributed by atoms with van der Waals surface area (Å²) in [5, 5.41) is 12.3. The van der Waals surface area contributed by atoms with E-state index in [1.165, 1.54) is 6.20 Å². The van der Waals surface area contributed by atoms with Crippen molar-refractivity contribution in [3.05, 3.63) is 11.9 Å². The lowest BCUT2D eigenvalue weighted by Crippen LogP contribution is -2.40. The van der Waals surface area contributed by atoms with Gasteiger partial charge < -0.3 is 5.32 Å². The third-order valence-corrected chi connectivity index (χ3v) is 1.14. The fraction of sp³-hybridized carbons (Fsp3) is 0.571. The van der Waals surface area contributed by atoms with Gasteiger partial charge in [0.05, 0.1) is 6.20 Å². The topological polar surface area (TPSA) is 70.7 Å². The molecule has 5 nitrogen and oxygen atoms in total. The summed E-state index contributed by atoms with van der Waals surface area (Å²) in [6.07, 6.45) is 1.39. The normalized spacial score (nSPS) is 11.2. The van der Waals surface area contributed by atoms with Crippen LogP contribution in [0.3, 0.4) is 0 Å². The Kier molecular flexibility index (Phi) is 2.12. The van der Waals surface area contributed by atoms with Crippen LogP contribution in [-0.2, 0) is 0 Å². The van der Waals surface area contributed by atoms with Crippen molar-refractivity contribution < 1.29 is 4.79 Å². The number of H-pyrrole nitrogens is 1. The lowest BCUT2D eigenvalue weighted by molar-refractivity contribution is 0.0914. The summed E-state index contributed by atoms with van der Waals surface area (Å²) in [5.41, 5.74) is 0.0701. The molecule has 0 radical (unpaired) electrons. The Hall–Kier alpha value is -1.39. The lowest BCUT2D eigenvalue weighted by atomic mass is 10.1. The Labute approximate surface area is 70.6 Å². The lowest BCUT2D eigenvalue weighted by Gasteiger charge is -2.19. The molecule has 2 N–H and O–H groups in total. The van der Waals surface area contributed by atoms with Crippen molar-refractivity contribution >= 4 is 5.91 Å². The Morgan fingerprint density at radius 2 is 2.25 bits per heavy atom. The van der Waals surface area contributed by atoms with Gasteiger partial charge in [0.15, 0.2) is 5.69 Å². The largest absolute Gasteiger partial charge is 0.346 e. The van der Waals surface area contributed by atoms with E-state index in [0.29, 0.717) is 5.69 Å². The number of nitrogens with zero attached hydrogens (tertiary/aromatic N) is 2. The summed E-state index contributed by atoms with van der Waals surface area (Å²) < 4.78 is 0. The molecule has 1 amide bonds. The summed E-state index contributed by atoms with van der Waals surface area (Å²) in [6, 6.07) is 0. The Balaban J connectivity index is 2.63. The predicted octanol–water partition coefficient (Wildman–Crippen LogP) is 0.333. The van der Waals surface area contributed by atoms with Gasteiger partial charge in [0.1, 0.15) is 0 Å². The van der Waals surface area contributed by atoms with Gasteiger partial charge in [0.2, 0.25) is 0 Å². The monoisotopic (exact) mass is 168 g/mol. The van der Waals surface area contributed by atoms with E-state index in [1.807, 2.05) is 20.8 Å². The van der Waals surface area contributed by atoms with Crippen molar-refractivity contribution in [1.29, 1.82) is 0 Å². The average Bonchev–Trinajstić information content (AvgIpc) is 2.32. The third-order valence-electron chi connectivity index (χ3n) is 1.14. The molecule has 0 saturated heterocycles. The van der Waals surface area contributed by atoms with Gasteiger partial charge in [-0.2, -0.15) is 15.4 Å². The van der Waals surface area contributed by atoms with Gasteiger partial charge in [-0.05, 0) is 20.8 Å². The van der Waals surface area contributed by atoms with E-state index in [9.17, 15) is 4.79 Å². The van der Waals surface area contributed by atoms with Crippen molar-refractivity contribution in [3.63, 3.8) is 0 Å². The summed E-state index contributed by atoms with van der Waals surface area (Å²) in [7, 11) is 0. The molecular formula is C7H12N4O. The molecule has 1 aromatic rings. The van der Waals surface area contributed by atoms with E-state index < -0.39 is 0 Å². The van der Waals surface area contributed by atoms with Gasteiger partial charge in [0, 0.05) is 5.54 Å². The maximum atomic E-state index is 11.3. The first-order valence-corrected chi connectivity index (χ1v) is 3.67. The third kappa shape index (κ3) is 2.34. The molecule has 0 aromatic carbocycles. The maximum Gasteiger partial charge on any atom is 0.273 e. The Morgan fingerprint density at radius 3 is 2.67 bits per heavy atom. The number of hydrogen-bond donors (Lipinski definition) is 2. The molecule has 0 aliphatic carbocycles. The molecule has 0 atom stereocenters. The molecule has 0 spiro atoms. The summed E-state index contributed by atoms with van der Waals surface area (Å²) >= 11 is 0. The van der Waals surface area contributed by atoms with Crippen LogP contribution in [0.4, 0.5) is 0 Å². The van der Waals surface area contributed by atoms with E-state index in [2.05, 4.69) is 20.7 Å². The number of aromatic nitrogens is 3. The second-order valence-corrected chi connectivity index (χ2v) is 3.56. The van der Waals surface area contributed by atoms with Crippen LogP contribution in [0.15, 0.2) is 6.20 Å². The van der Waals surface area contributed by atoms with Gasteiger partial charge in [-0.15, -0.1) is 0 Å². The van der Waals surface area contributed by atoms with Crippen molar-refractivity contribution in [3.8, 4) is 0 Å². The van der Waals surface area contributed by atoms with Crippen LogP contribution in [-0.4, -0.2) is 26.9 Å². The first-order chi connectivity index (χ1) is 5.49. The fourth-order valence-corrected chi connectivity index (χ4v) is 0.716. The molecule has 0 saturated carbocycles. The molecule has 5 heteroatoms. The van der Waals surface area contributed by atoms with Crippen molar-refractivity contribution in [2.24, 2.45) is 0 Å². The second kappa shape index (κ2) is 2.92. The average molecular weight is 168 g/mol. The van der Waals surface area contributed by atoms with E-state index in [-0.39, 0.29) is 11.4 Å². The number of carbonyl (C=O) groups excluding carboxylic acids is 1. The molecule has 0 unspecified atom stereocenters. The van der Waals surface area contributed by atoms with Gasteiger partial charge in [0.25, 0.3) is 5.91 Å². The number of carbonyl (C=O) groups is 1. The first-order valence-electron chi connectivity index (χ1n) is 3.67. The van der Waals surface area contributed by atoms with Gasteiger partial charge >= 0.3 is 0 Å². The number of hydrogen-bond acceptors (Lipinski definition) is 3. The quantitative estimate of drug-likeness (QED) is 0.635. The molecule has 12 heavy (non-hydrogen) atoms. The van der Waals surface area contributed by atoms with Crippen LogP contribution < -0.4 is 5.32 Å². The molecule has 0 fully saturated rings. The molecule has 0 aliphatic rings. The van der Waals surface area contributed by atoms with Crippen molar-refractivity contribution in [2.45, 2.75) is 26.3 Å². The SMILES string of the molecule is CC(C)(C)NC(=O)c1cn[nH]n1. The first kappa shape index (κ1) is 8.70. The number of amides is 1. The predicted molar refractivity (Wildman–Crippen MR) is 43.6 cm³/mol. The molecular weight excluding hydrogens is 156 g/mol. The van der Waals surface area contributed by atoms with E-state index >= 15 is 0 Å². The molecule has 66 valence electrons. The zero-order valence-electron chi connectivity index (χ0n) is 7.38. The van der Waals surface area contributed by atoms with Crippen LogP contribution in [0.2, 0.25) is 0 Å². The van der Waals surface area contributed by atoms with Gasteiger partial charge in [-0.1, -0.05) is 0 Å². The highest BCUT2D eigenvalue weighted by atomic mass is 16.2. The molecule has 1 heterocycles. The highest BCUT2D eigenvalue weighted by Gasteiger charge is 2.16. The van der Waals surface area contributed by atoms with Gasteiger partial charge in [-0.3, -0.25) is 4.79 Å².